The molecule has 1 aromatic carbocycles. The van der Waals surface area contributed by atoms with Gasteiger partial charge in [-0.1, -0.05) is 18.2 Å². The SMILES string of the molecule is OC(CNC1CC(c2ccccc2F)C1)C(F)F. The van der Waals surface area contributed by atoms with Gasteiger partial charge in [-0.15, -0.1) is 0 Å². The minimum atomic E-state index is -2.72. The van der Waals surface area contributed by atoms with E-state index in [1.54, 1.807) is 18.2 Å². The summed E-state index contributed by atoms with van der Waals surface area (Å²) in [5.41, 5.74) is 0.685. The van der Waals surface area contributed by atoms with Crippen LogP contribution in [0.5, 0.6) is 0 Å². The molecule has 1 aromatic rings. The van der Waals surface area contributed by atoms with Gasteiger partial charge in [0, 0.05) is 12.6 Å². The van der Waals surface area contributed by atoms with E-state index >= 15 is 0 Å². The van der Waals surface area contributed by atoms with Crippen LogP contribution in [0, 0.1) is 5.82 Å². The summed E-state index contributed by atoms with van der Waals surface area (Å²) in [6.07, 6.45) is -2.91. The Morgan fingerprint density at radius 1 is 1.28 bits per heavy atom. The van der Waals surface area contributed by atoms with Gasteiger partial charge >= 0.3 is 0 Å². The molecule has 5 heteroatoms. The Bertz CT molecular complexity index is 394. The molecule has 0 saturated heterocycles. The van der Waals surface area contributed by atoms with Gasteiger partial charge < -0.3 is 10.4 Å². The van der Waals surface area contributed by atoms with Crippen molar-refractivity contribution in [1.82, 2.24) is 5.32 Å². The Morgan fingerprint density at radius 2 is 1.94 bits per heavy atom. The average molecular weight is 259 g/mol. The topological polar surface area (TPSA) is 32.3 Å². The maximum atomic E-state index is 13.4. The zero-order chi connectivity index (χ0) is 13.1. The largest absolute Gasteiger partial charge is 0.386 e. The minimum absolute atomic E-state index is 0.0861. The van der Waals surface area contributed by atoms with E-state index in [1.807, 2.05) is 0 Å². The number of rotatable bonds is 5. The van der Waals surface area contributed by atoms with Crippen LogP contribution < -0.4 is 5.32 Å². The fourth-order valence-corrected chi connectivity index (χ4v) is 2.22. The molecule has 0 radical (unpaired) electrons. The summed E-state index contributed by atoms with van der Waals surface area (Å²) < 4.78 is 37.6. The number of hydrogen-bond donors (Lipinski definition) is 2. The Hall–Kier alpha value is -1.07. The van der Waals surface area contributed by atoms with Gasteiger partial charge in [0.25, 0.3) is 6.43 Å². The van der Waals surface area contributed by atoms with E-state index in [0.717, 1.165) is 12.8 Å². The number of hydrogen-bond acceptors (Lipinski definition) is 2. The van der Waals surface area contributed by atoms with Crippen LogP contribution in [-0.4, -0.2) is 30.2 Å². The molecule has 2 rings (SSSR count). The van der Waals surface area contributed by atoms with Gasteiger partial charge in [0.1, 0.15) is 11.9 Å². The van der Waals surface area contributed by atoms with Crippen molar-refractivity contribution in [2.45, 2.75) is 37.3 Å². The first-order chi connectivity index (χ1) is 8.58. The van der Waals surface area contributed by atoms with Gasteiger partial charge in [-0.3, -0.25) is 0 Å². The lowest BCUT2D eigenvalue weighted by atomic mass is 9.75. The Labute approximate surface area is 104 Å². The van der Waals surface area contributed by atoms with Crippen LogP contribution in [0.2, 0.25) is 0 Å². The normalized spacial score (nSPS) is 24.9. The molecule has 1 saturated carbocycles. The molecule has 1 unspecified atom stereocenters. The molecule has 100 valence electrons. The number of halogens is 3. The maximum absolute atomic E-state index is 13.4. The summed E-state index contributed by atoms with van der Waals surface area (Å²) in [7, 11) is 0. The quantitative estimate of drug-likeness (QED) is 0.850. The molecule has 18 heavy (non-hydrogen) atoms. The summed E-state index contributed by atoms with van der Waals surface area (Å²) in [6.45, 7) is -0.119. The van der Waals surface area contributed by atoms with Crippen molar-refractivity contribution in [2.24, 2.45) is 0 Å². The van der Waals surface area contributed by atoms with Gasteiger partial charge in [-0.2, -0.15) is 0 Å². The van der Waals surface area contributed by atoms with Crippen LogP contribution in [0.25, 0.3) is 0 Å². The zero-order valence-electron chi connectivity index (χ0n) is 9.82. The van der Waals surface area contributed by atoms with E-state index in [1.165, 1.54) is 6.07 Å². The molecule has 0 bridgehead atoms. The minimum Gasteiger partial charge on any atom is -0.386 e. The third-order valence-electron chi connectivity index (χ3n) is 3.39. The summed E-state index contributed by atoms with van der Waals surface area (Å²) in [5.74, 6) is -0.0686. The van der Waals surface area contributed by atoms with Gasteiger partial charge in [0.2, 0.25) is 0 Å². The van der Waals surface area contributed by atoms with E-state index in [9.17, 15) is 13.2 Å². The third-order valence-corrected chi connectivity index (χ3v) is 3.39. The Kier molecular flexibility index (Phi) is 4.24. The fraction of sp³-hybridized carbons (Fsp3) is 0.538. The van der Waals surface area contributed by atoms with Crippen molar-refractivity contribution in [3.05, 3.63) is 35.6 Å². The Balaban J connectivity index is 1.76. The van der Waals surface area contributed by atoms with Crippen molar-refractivity contribution in [2.75, 3.05) is 6.54 Å². The number of nitrogens with one attached hydrogen (secondary N) is 1. The monoisotopic (exact) mass is 259 g/mol. The van der Waals surface area contributed by atoms with Crippen LogP contribution in [0.4, 0.5) is 13.2 Å². The van der Waals surface area contributed by atoms with Gasteiger partial charge in [-0.25, -0.2) is 13.2 Å². The second-order valence-electron chi connectivity index (χ2n) is 4.70. The van der Waals surface area contributed by atoms with E-state index in [-0.39, 0.29) is 24.3 Å². The van der Waals surface area contributed by atoms with Crippen molar-refractivity contribution >= 4 is 0 Å². The highest BCUT2D eigenvalue weighted by Crippen LogP contribution is 2.37. The van der Waals surface area contributed by atoms with E-state index in [2.05, 4.69) is 5.32 Å². The van der Waals surface area contributed by atoms with Crippen LogP contribution in [0.3, 0.4) is 0 Å². The van der Waals surface area contributed by atoms with Crippen molar-refractivity contribution in [3.63, 3.8) is 0 Å². The lowest BCUT2D eigenvalue weighted by Crippen LogP contribution is -2.44. The molecule has 1 fully saturated rings. The zero-order valence-corrected chi connectivity index (χ0v) is 9.82. The average Bonchev–Trinajstić information content (AvgIpc) is 2.28. The van der Waals surface area contributed by atoms with E-state index in [4.69, 9.17) is 5.11 Å². The van der Waals surface area contributed by atoms with Gasteiger partial charge in [0.15, 0.2) is 0 Å². The van der Waals surface area contributed by atoms with Gasteiger partial charge in [0.05, 0.1) is 0 Å². The highest BCUT2D eigenvalue weighted by molar-refractivity contribution is 5.24. The predicted octanol–water partition coefficient (Wildman–Crippen LogP) is 2.29. The lowest BCUT2D eigenvalue weighted by molar-refractivity contribution is -0.00636. The summed E-state index contributed by atoms with van der Waals surface area (Å²) >= 11 is 0. The molecule has 1 atom stereocenters. The molecule has 2 N–H and O–H groups in total. The number of alkyl halides is 2. The van der Waals surface area contributed by atoms with Crippen molar-refractivity contribution in [1.29, 1.82) is 0 Å². The molecule has 0 spiro atoms. The maximum Gasteiger partial charge on any atom is 0.265 e. The second kappa shape index (κ2) is 5.71. The van der Waals surface area contributed by atoms with E-state index < -0.39 is 12.5 Å². The third kappa shape index (κ3) is 3.03. The van der Waals surface area contributed by atoms with E-state index in [0.29, 0.717) is 5.56 Å². The summed E-state index contributed by atoms with van der Waals surface area (Å²) in [4.78, 5) is 0. The lowest BCUT2D eigenvalue weighted by Gasteiger charge is -2.37. The first-order valence-electron chi connectivity index (χ1n) is 6.02. The van der Waals surface area contributed by atoms with Crippen LogP contribution in [0.1, 0.15) is 24.3 Å². The molecule has 0 amide bonds. The number of aliphatic hydroxyl groups is 1. The molecule has 0 aliphatic heterocycles. The summed E-state index contributed by atoms with van der Waals surface area (Å²) in [5, 5.41) is 11.8. The fourth-order valence-electron chi connectivity index (χ4n) is 2.22. The Morgan fingerprint density at radius 3 is 2.56 bits per heavy atom. The van der Waals surface area contributed by atoms with Crippen LogP contribution in [0.15, 0.2) is 24.3 Å². The number of aliphatic hydroxyl groups excluding tert-OH is 1. The molecular weight excluding hydrogens is 243 g/mol. The smallest absolute Gasteiger partial charge is 0.265 e. The first-order valence-corrected chi connectivity index (χ1v) is 6.02. The molecular formula is C13H16F3NO. The van der Waals surface area contributed by atoms with Crippen LogP contribution >= 0.6 is 0 Å². The highest BCUT2D eigenvalue weighted by atomic mass is 19.3. The molecule has 2 nitrogen and oxygen atoms in total. The standard InChI is InChI=1S/C13H16F3NO/c14-11-4-2-1-3-10(11)8-5-9(6-8)17-7-12(18)13(15)16/h1-4,8-9,12-13,17-18H,5-7H2. The second-order valence-corrected chi connectivity index (χ2v) is 4.70. The highest BCUT2D eigenvalue weighted by Gasteiger charge is 2.32. The summed E-state index contributed by atoms with van der Waals surface area (Å²) in [6, 6.07) is 6.70. The first kappa shape index (κ1) is 13.4. The van der Waals surface area contributed by atoms with Crippen molar-refractivity contribution < 1.29 is 18.3 Å². The number of benzene rings is 1. The molecule has 0 heterocycles. The predicted molar refractivity (Wildman–Crippen MR) is 62.2 cm³/mol. The molecule has 1 aliphatic carbocycles. The molecule has 0 aromatic heterocycles. The van der Waals surface area contributed by atoms with Gasteiger partial charge in [-0.05, 0) is 30.4 Å². The van der Waals surface area contributed by atoms with Crippen molar-refractivity contribution in [3.8, 4) is 0 Å². The van der Waals surface area contributed by atoms with Crippen LogP contribution in [-0.2, 0) is 0 Å². The molecule has 1 aliphatic rings.